The molecule has 1 aliphatic carbocycles. The van der Waals surface area contributed by atoms with Gasteiger partial charge in [0.1, 0.15) is 6.61 Å². The van der Waals surface area contributed by atoms with Crippen molar-refractivity contribution in [2.45, 2.75) is 38.1 Å². The van der Waals surface area contributed by atoms with Crippen molar-refractivity contribution in [1.82, 2.24) is 4.90 Å². The van der Waals surface area contributed by atoms with Crippen LogP contribution < -0.4 is 0 Å². The Morgan fingerprint density at radius 3 is 2.25 bits per heavy atom. The highest BCUT2D eigenvalue weighted by Crippen LogP contribution is 2.44. The summed E-state index contributed by atoms with van der Waals surface area (Å²) in [5.41, 5.74) is 4.72. The van der Waals surface area contributed by atoms with E-state index in [1.807, 2.05) is 31.2 Å². The van der Waals surface area contributed by atoms with E-state index in [0.717, 1.165) is 0 Å². The molecule has 146 valence electrons. The lowest BCUT2D eigenvalue weighted by Crippen LogP contribution is -2.50. The van der Waals surface area contributed by atoms with Crippen LogP contribution in [0.1, 0.15) is 43.2 Å². The van der Waals surface area contributed by atoms with Gasteiger partial charge in [-0.2, -0.15) is 0 Å². The molecule has 1 amide bonds. The molecule has 5 nitrogen and oxygen atoms in total. The van der Waals surface area contributed by atoms with Crippen molar-refractivity contribution in [3.63, 3.8) is 0 Å². The fraction of sp³-hybridized carbons (Fsp3) is 0.391. The summed E-state index contributed by atoms with van der Waals surface area (Å²) in [6, 6.07) is 16.1. The quantitative estimate of drug-likeness (QED) is 0.849. The van der Waals surface area contributed by atoms with Crippen LogP contribution in [0.2, 0.25) is 0 Å². The molecule has 2 aromatic carbocycles. The Kier molecular flexibility index (Phi) is 5.07. The molecule has 2 aliphatic rings. The Bertz CT molecular complexity index is 848. The van der Waals surface area contributed by atoms with E-state index in [2.05, 4.69) is 24.3 Å². The maximum absolute atomic E-state index is 12.8. The van der Waals surface area contributed by atoms with Crippen LogP contribution >= 0.6 is 0 Å². The Hall–Kier alpha value is -2.82. The van der Waals surface area contributed by atoms with E-state index in [9.17, 15) is 14.7 Å². The van der Waals surface area contributed by atoms with Crippen molar-refractivity contribution in [3.8, 4) is 11.1 Å². The van der Waals surface area contributed by atoms with Crippen LogP contribution in [0.4, 0.5) is 4.79 Å². The number of hydrogen-bond acceptors (Lipinski definition) is 3. The van der Waals surface area contributed by atoms with Crippen molar-refractivity contribution < 1.29 is 19.4 Å². The Labute approximate surface area is 164 Å². The monoisotopic (exact) mass is 379 g/mol. The average molecular weight is 379 g/mol. The van der Waals surface area contributed by atoms with Gasteiger partial charge >= 0.3 is 12.1 Å². The number of ether oxygens (including phenoxy) is 1. The molecule has 0 radical (unpaired) electrons. The van der Waals surface area contributed by atoms with Gasteiger partial charge in [0, 0.05) is 18.5 Å². The highest BCUT2D eigenvalue weighted by atomic mass is 16.6. The summed E-state index contributed by atoms with van der Waals surface area (Å²) in [7, 11) is 0. The number of nitrogens with zero attached hydrogens (tertiary/aromatic N) is 1. The number of benzene rings is 2. The van der Waals surface area contributed by atoms with E-state index in [1.54, 1.807) is 4.90 Å². The van der Waals surface area contributed by atoms with Gasteiger partial charge in [0.25, 0.3) is 0 Å². The molecule has 2 aromatic rings. The number of amides is 1. The van der Waals surface area contributed by atoms with Crippen molar-refractivity contribution in [3.05, 3.63) is 59.7 Å². The van der Waals surface area contributed by atoms with Crippen molar-refractivity contribution >= 4 is 12.1 Å². The zero-order valence-electron chi connectivity index (χ0n) is 16.0. The molecule has 0 bridgehead atoms. The van der Waals surface area contributed by atoms with Crippen LogP contribution in [-0.2, 0) is 9.53 Å². The SMILES string of the molecule is CC[C@@H]1[C@H](C(=O)O)CCCN1C(=O)OCC1c2ccccc2-c2ccccc21. The lowest BCUT2D eigenvalue weighted by atomic mass is 9.88. The topological polar surface area (TPSA) is 66.8 Å². The first-order chi connectivity index (χ1) is 13.6. The second-order valence-electron chi connectivity index (χ2n) is 7.56. The number of piperidine rings is 1. The van der Waals surface area contributed by atoms with Gasteiger partial charge in [0.15, 0.2) is 0 Å². The molecule has 1 saturated heterocycles. The Morgan fingerprint density at radius 1 is 1.07 bits per heavy atom. The van der Waals surface area contributed by atoms with Gasteiger partial charge in [0.05, 0.1) is 5.92 Å². The van der Waals surface area contributed by atoms with Gasteiger partial charge < -0.3 is 14.7 Å². The molecule has 1 fully saturated rings. The maximum Gasteiger partial charge on any atom is 0.410 e. The summed E-state index contributed by atoms with van der Waals surface area (Å²) in [5.74, 6) is -1.33. The molecular weight excluding hydrogens is 354 g/mol. The number of rotatable bonds is 4. The van der Waals surface area contributed by atoms with E-state index in [0.29, 0.717) is 25.8 Å². The standard InChI is InChI=1S/C23H25NO4/c1-2-21-19(22(25)26)12-7-13-24(21)23(27)28-14-20-17-10-5-3-8-15(17)16-9-4-6-11-18(16)20/h3-6,8-11,19-21H,2,7,12-14H2,1H3,(H,25,26)/t19-,21-/m1/s1. The maximum atomic E-state index is 12.8. The normalized spacial score (nSPS) is 21.1. The van der Waals surface area contributed by atoms with Gasteiger partial charge in [-0.3, -0.25) is 4.79 Å². The number of carboxylic acid groups (broad SMARTS) is 1. The molecular formula is C23H25NO4. The molecule has 1 aliphatic heterocycles. The van der Waals surface area contributed by atoms with Crippen LogP contribution in [0.15, 0.2) is 48.5 Å². The minimum absolute atomic E-state index is 0.0106. The Balaban J connectivity index is 1.51. The zero-order chi connectivity index (χ0) is 19.7. The van der Waals surface area contributed by atoms with Crippen LogP contribution in [0.25, 0.3) is 11.1 Å². The van der Waals surface area contributed by atoms with Crippen LogP contribution in [0.5, 0.6) is 0 Å². The van der Waals surface area contributed by atoms with Crippen LogP contribution in [-0.4, -0.2) is 41.3 Å². The fourth-order valence-electron chi connectivity index (χ4n) is 4.75. The third-order valence-electron chi connectivity index (χ3n) is 6.08. The summed E-state index contributed by atoms with van der Waals surface area (Å²) in [4.78, 5) is 26.0. The van der Waals surface area contributed by atoms with Crippen molar-refractivity contribution in [1.29, 1.82) is 0 Å². The number of carboxylic acids is 1. The van der Waals surface area contributed by atoms with Crippen LogP contribution in [0.3, 0.4) is 0 Å². The summed E-state index contributed by atoms with van der Waals surface area (Å²) in [6.45, 7) is 2.74. The van der Waals surface area contributed by atoms with E-state index >= 15 is 0 Å². The highest BCUT2D eigenvalue weighted by Gasteiger charge is 2.38. The van der Waals surface area contributed by atoms with Crippen molar-refractivity contribution in [2.24, 2.45) is 5.92 Å². The second-order valence-corrected chi connectivity index (χ2v) is 7.56. The molecule has 2 atom stereocenters. The molecule has 0 saturated carbocycles. The first kappa shape index (κ1) is 18.5. The summed E-state index contributed by atoms with van der Waals surface area (Å²) >= 11 is 0. The number of fused-ring (bicyclic) bond motifs is 3. The summed E-state index contributed by atoms with van der Waals surface area (Å²) < 4.78 is 5.73. The molecule has 28 heavy (non-hydrogen) atoms. The number of likely N-dealkylation sites (tertiary alicyclic amines) is 1. The van der Waals surface area contributed by atoms with Gasteiger partial charge in [-0.1, -0.05) is 55.5 Å². The predicted molar refractivity (Wildman–Crippen MR) is 106 cm³/mol. The highest BCUT2D eigenvalue weighted by molar-refractivity contribution is 5.79. The minimum Gasteiger partial charge on any atom is -0.481 e. The van der Waals surface area contributed by atoms with Gasteiger partial charge in [0.2, 0.25) is 0 Å². The molecule has 4 rings (SSSR count). The second kappa shape index (κ2) is 7.66. The molecule has 5 heteroatoms. The fourth-order valence-corrected chi connectivity index (χ4v) is 4.75. The van der Waals surface area contributed by atoms with Gasteiger partial charge in [-0.25, -0.2) is 4.79 Å². The first-order valence-electron chi connectivity index (χ1n) is 9.96. The molecule has 0 aromatic heterocycles. The smallest absolute Gasteiger partial charge is 0.410 e. The Morgan fingerprint density at radius 2 is 1.68 bits per heavy atom. The lowest BCUT2D eigenvalue weighted by Gasteiger charge is -2.38. The third-order valence-corrected chi connectivity index (χ3v) is 6.08. The largest absolute Gasteiger partial charge is 0.481 e. The molecule has 0 unspecified atom stereocenters. The third kappa shape index (κ3) is 3.15. The number of carbonyl (C=O) groups is 2. The first-order valence-corrected chi connectivity index (χ1v) is 9.96. The van der Waals surface area contributed by atoms with E-state index in [4.69, 9.17) is 4.74 Å². The molecule has 0 spiro atoms. The molecule has 1 heterocycles. The van der Waals surface area contributed by atoms with Crippen LogP contribution in [0, 0.1) is 5.92 Å². The van der Waals surface area contributed by atoms with Crippen molar-refractivity contribution in [2.75, 3.05) is 13.2 Å². The number of hydrogen-bond donors (Lipinski definition) is 1. The van der Waals surface area contributed by atoms with E-state index < -0.39 is 18.0 Å². The predicted octanol–water partition coefficient (Wildman–Crippen LogP) is 4.51. The molecule has 1 N–H and O–H groups in total. The average Bonchev–Trinajstić information content (AvgIpc) is 3.05. The number of aliphatic carboxylic acids is 1. The van der Waals surface area contributed by atoms with Gasteiger partial charge in [-0.15, -0.1) is 0 Å². The van der Waals surface area contributed by atoms with E-state index in [1.165, 1.54) is 22.3 Å². The summed E-state index contributed by atoms with van der Waals surface area (Å²) in [5, 5.41) is 9.48. The van der Waals surface area contributed by atoms with E-state index in [-0.39, 0.29) is 18.6 Å². The lowest BCUT2D eigenvalue weighted by molar-refractivity contribution is -0.145. The summed E-state index contributed by atoms with van der Waals surface area (Å²) in [6.07, 6.45) is 1.51. The minimum atomic E-state index is -0.831. The van der Waals surface area contributed by atoms with Gasteiger partial charge in [-0.05, 0) is 41.5 Å². The zero-order valence-corrected chi connectivity index (χ0v) is 16.0. The number of carbonyl (C=O) groups excluding carboxylic acids is 1.